The van der Waals surface area contributed by atoms with Crippen LogP contribution in [0.25, 0.3) is 0 Å². The first-order valence-corrected chi connectivity index (χ1v) is 8.74. The third-order valence-corrected chi connectivity index (χ3v) is 3.96. The molecule has 0 bridgehead atoms. The number of benzene rings is 1. The van der Waals surface area contributed by atoms with Crippen LogP contribution in [0.3, 0.4) is 0 Å². The summed E-state index contributed by atoms with van der Waals surface area (Å²) in [6, 6.07) is 9.40. The SMILES string of the molecule is CC(=O)NCCCNC(=O)c1csc(NC(=O)Cc2ccccc2)n1. The van der Waals surface area contributed by atoms with Crippen molar-refractivity contribution in [3.05, 3.63) is 47.0 Å². The van der Waals surface area contributed by atoms with Crippen molar-refractivity contribution < 1.29 is 14.4 Å². The molecule has 0 atom stereocenters. The second-order valence-corrected chi connectivity index (χ2v) is 6.20. The van der Waals surface area contributed by atoms with E-state index in [0.29, 0.717) is 24.6 Å². The van der Waals surface area contributed by atoms with Crippen molar-refractivity contribution in [1.82, 2.24) is 15.6 Å². The van der Waals surface area contributed by atoms with Crippen molar-refractivity contribution in [3.63, 3.8) is 0 Å². The number of thiazole rings is 1. The molecule has 0 fully saturated rings. The van der Waals surface area contributed by atoms with Gasteiger partial charge in [0.15, 0.2) is 5.13 Å². The lowest BCUT2D eigenvalue weighted by atomic mass is 10.1. The van der Waals surface area contributed by atoms with Gasteiger partial charge in [0.2, 0.25) is 11.8 Å². The molecule has 1 aromatic heterocycles. The van der Waals surface area contributed by atoms with E-state index in [1.807, 2.05) is 30.3 Å². The summed E-state index contributed by atoms with van der Waals surface area (Å²) in [6.45, 7) is 2.39. The summed E-state index contributed by atoms with van der Waals surface area (Å²) in [6.07, 6.45) is 0.890. The van der Waals surface area contributed by atoms with Crippen molar-refractivity contribution in [1.29, 1.82) is 0 Å². The summed E-state index contributed by atoms with van der Waals surface area (Å²) in [5, 5.41) is 10.1. The minimum Gasteiger partial charge on any atom is -0.356 e. The van der Waals surface area contributed by atoms with E-state index in [1.165, 1.54) is 18.3 Å². The minimum atomic E-state index is -0.303. The average Bonchev–Trinajstić information content (AvgIpc) is 3.03. The van der Waals surface area contributed by atoms with Crippen molar-refractivity contribution in [2.24, 2.45) is 0 Å². The van der Waals surface area contributed by atoms with Crippen LogP contribution in [0.1, 0.15) is 29.4 Å². The predicted molar refractivity (Wildman–Crippen MR) is 96.5 cm³/mol. The van der Waals surface area contributed by atoms with Crippen LogP contribution >= 0.6 is 11.3 Å². The molecular formula is C17H20N4O3S. The predicted octanol–water partition coefficient (Wildman–Crippen LogP) is 1.58. The number of carbonyl (C=O) groups is 3. The zero-order chi connectivity index (χ0) is 18.1. The lowest BCUT2D eigenvalue weighted by Gasteiger charge is -2.04. The van der Waals surface area contributed by atoms with E-state index in [0.717, 1.165) is 5.56 Å². The first-order valence-electron chi connectivity index (χ1n) is 7.86. The number of amides is 3. The van der Waals surface area contributed by atoms with E-state index in [-0.39, 0.29) is 29.8 Å². The molecule has 7 nitrogen and oxygen atoms in total. The number of rotatable bonds is 8. The maximum atomic E-state index is 12.0. The Bertz CT molecular complexity index is 731. The van der Waals surface area contributed by atoms with Crippen molar-refractivity contribution in [2.75, 3.05) is 18.4 Å². The highest BCUT2D eigenvalue weighted by molar-refractivity contribution is 7.14. The maximum Gasteiger partial charge on any atom is 0.270 e. The first-order chi connectivity index (χ1) is 12.0. The average molecular weight is 360 g/mol. The molecule has 0 unspecified atom stereocenters. The van der Waals surface area contributed by atoms with Crippen LogP contribution < -0.4 is 16.0 Å². The highest BCUT2D eigenvalue weighted by Gasteiger charge is 2.12. The highest BCUT2D eigenvalue weighted by atomic mass is 32.1. The smallest absolute Gasteiger partial charge is 0.270 e. The van der Waals surface area contributed by atoms with Gasteiger partial charge >= 0.3 is 0 Å². The lowest BCUT2D eigenvalue weighted by molar-refractivity contribution is -0.119. The van der Waals surface area contributed by atoms with Gasteiger partial charge in [-0.2, -0.15) is 0 Å². The number of aromatic nitrogens is 1. The van der Waals surface area contributed by atoms with Gasteiger partial charge in [0.1, 0.15) is 5.69 Å². The van der Waals surface area contributed by atoms with E-state index >= 15 is 0 Å². The van der Waals surface area contributed by atoms with Gasteiger partial charge in [0, 0.05) is 25.4 Å². The Labute approximate surface area is 149 Å². The number of hydrogen-bond acceptors (Lipinski definition) is 5. The number of hydrogen-bond donors (Lipinski definition) is 3. The van der Waals surface area contributed by atoms with Crippen LogP contribution in [0.5, 0.6) is 0 Å². The Morgan fingerprint density at radius 1 is 1.08 bits per heavy atom. The monoisotopic (exact) mass is 360 g/mol. The molecule has 3 amide bonds. The normalized spacial score (nSPS) is 10.1. The maximum absolute atomic E-state index is 12.0. The van der Waals surface area contributed by atoms with Crippen LogP contribution in [0, 0.1) is 0 Å². The summed E-state index contributed by atoms with van der Waals surface area (Å²) in [5.41, 5.74) is 1.17. The van der Waals surface area contributed by atoms with Gasteiger partial charge in [0.25, 0.3) is 5.91 Å². The molecule has 25 heavy (non-hydrogen) atoms. The lowest BCUT2D eigenvalue weighted by Crippen LogP contribution is -2.29. The largest absolute Gasteiger partial charge is 0.356 e. The molecule has 0 aliphatic heterocycles. The van der Waals surface area contributed by atoms with Gasteiger partial charge in [-0.05, 0) is 12.0 Å². The van der Waals surface area contributed by atoms with Gasteiger partial charge in [0.05, 0.1) is 6.42 Å². The van der Waals surface area contributed by atoms with Gasteiger partial charge in [-0.25, -0.2) is 4.98 Å². The molecular weight excluding hydrogens is 340 g/mol. The Kier molecular flexibility index (Phi) is 7.09. The standard InChI is InChI=1S/C17H20N4O3S/c1-12(22)18-8-5-9-19-16(24)14-11-25-17(20-14)21-15(23)10-13-6-3-2-4-7-13/h2-4,6-7,11H,5,8-10H2,1H3,(H,18,22)(H,19,24)(H,20,21,23). The molecule has 0 aliphatic carbocycles. The summed E-state index contributed by atoms with van der Waals surface area (Å²) in [4.78, 5) is 38.8. The number of anilines is 1. The van der Waals surface area contributed by atoms with Gasteiger partial charge < -0.3 is 16.0 Å². The molecule has 0 radical (unpaired) electrons. The topological polar surface area (TPSA) is 100 Å². The Morgan fingerprint density at radius 2 is 1.80 bits per heavy atom. The third-order valence-electron chi connectivity index (χ3n) is 3.20. The zero-order valence-corrected chi connectivity index (χ0v) is 14.7. The van der Waals surface area contributed by atoms with Gasteiger partial charge in [-0.15, -0.1) is 11.3 Å². The summed E-state index contributed by atoms with van der Waals surface area (Å²) < 4.78 is 0. The number of nitrogens with zero attached hydrogens (tertiary/aromatic N) is 1. The van der Waals surface area contributed by atoms with E-state index < -0.39 is 0 Å². The molecule has 2 rings (SSSR count). The van der Waals surface area contributed by atoms with E-state index in [4.69, 9.17) is 0 Å². The van der Waals surface area contributed by atoms with E-state index in [1.54, 1.807) is 5.38 Å². The van der Waals surface area contributed by atoms with Gasteiger partial charge in [-0.3, -0.25) is 14.4 Å². The minimum absolute atomic E-state index is 0.0956. The molecule has 1 heterocycles. The first kappa shape index (κ1) is 18.6. The Hall–Kier alpha value is -2.74. The quantitative estimate of drug-likeness (QED) is 0.622. The summed E-state index contributed by atoms with van der Waals surface area (Å²) >= 11 is 1.20. The number of nitrogens with one attached hydrogen (secondary N) is 3. The fourth-order valence-electron chi connectivity index (χ4n) is 2.03. The molecule has 132 valence electrons. The van der Waals surface area contributed by atoms with Crippen molar-refractivity contribution in [2.45, 2.75) is 19.8 Å². The molecule has 0 saturated heterocycles. The second-order valence-electron chi connectivity index (χ2n) is 5.34. The van der Waals surface area contributed by atoms with Crippen LogP contribution in [-0.4, -0.2) is 35.8 Å². The summed E-state index contributed by atoms with van der Waals surface area (Å²) in [7, 11) is 0. The highest BCUT2D eigenvalue weighted by Crippen LogP contribution is 2.15. The molecule has 3 N–H and O–H groups in total. The molecule has 0 saturated carbocycles. The van der Waals surface area contributed by atoms with Crippen LogP contribution in [-0.2, 0) is 16.0 Å². The Balaban J connectivity index is 1.76. The fraction of sp³-hybridized carbons (Fsp3) is 0.294. The molecule has 1 aromatic carbocycles. The fourth-order valence-corrected chi connectivity index (χ4v) is 2.73. The number of carbonyl (C=O) groups excluding carboxylic acids is 3. The van der Waals surface area contributed by atoms with E-state index in [9.17, 15) is 14.4 Å². The second kappa shape index (κ2) is 9.53. The van der Waals surface area contributed by atoms with Crippen molar-refractivity contribution in [3.8, 4) is 0 Å². The van der Waals surface area contributed by atoms with Crippen molar-refractivity contribution >= 4 is 34.2 Å². The summed E-state index contributed by atoms with van der Waals surface area (Å²) in [5.74, 6) is -0.577. The Morgan fingerprint density at radius 3 is 2.52 bits per heavy atom. The molecule has 8 heteroatoms. The van der Waals surface area contributed by atoms with Crippen LogP contribution in [0.15, 0.2) is 35.7 Å². The van der Waals surface area contributed by atoms with E-state index in [2.05, 4.69) is 20.9 Å². The molecule has 2 aromatic rings. The van der Waals surface area contributed by atoms with Crippen LogP contribution in [0.2, 0.25) is 0 Å². The molecule has 0 spiro atoms. The zero-order valence-electron chi connectivity index (χ0n) is 13.9. The third kappa shape index (κ3) is 6.72. The van der Waals surface area contributed by atoms with Crippen LogP contribution in [0.4, 0.5) is 5.13 Å². The van der Waals surface area contributed by atoms with Gasteiger partial charge in [-0.1, -0.05) is 30.3 Å². The molecule has 0 aliphatic rings.